The van der Waals surface area contributed by atoms with E-state index in [1.807, 2.05) is 13.8 Å². The number of nitrogens with zero attached hydrogens (tertiary/aromatic N) is 5. The van der Waals surface area contributed by atoms with Crippen LogP contribution < -0.4 is 5.32 Å². The van der Waals surface area contributed by atoms with Gasteiger partial charge in [-0.2, -0.15) is 10.1 Å². The van der Waals surface area contributed by atoms with Crippen molar-refractivity contribution in [2.75, 3.05) is 26.2 Å². The molecule has 2 aliphatic rings. The minimum Gasteiger partial charge on any atom is -0.343 e. The van der Waals surface area contributed by atoms with Crippen LogP contribution >= 0.6 is 12.4 Å². The van der Waals surface area contributed by atoms with E-state index in [0.29, 0.717) is 18.6 Å². The molecule has 1 amide bonds. The van der Waals surface area contributed by atoms with E-state index in [1.165, 1.54) is 32.0 Å². The van der Waals surface area contributed by atoms with E-state index in [2.05, 4.69) is 25.3 Å². The number of carbonyl (C=O) groups excluding carboxylic acids is 1. The van der Waals surface area contributed by atoms with Crippen LogP contribution in [0.3, 0.4) is 0 Å². The molecule has 0 radical (unpaired) electrons. The number of aromatic nitrogens is 4. The van der Waals surface area contributed by atoms with Crippen LogP contribution in [-0.2, 0) is 11.2 Å². The average Bonchev–Trinajstić information content (AvgIpc) is 3.17. The van der Waals surface area contributed by atoms with Gasteiger partial charge in [-0.05, 0) is 76.4 Å². The van der Waals surface area contributed by atoms with Gasteiger partial charge in [0.2, 0.25) is 5.91 Å². The van der Waals surface area contributed by atoms with Gasteiger partial charge in [-0.25, -0.2) is 9.50 Å². The Labute approximate surface area is 172 Å². The van der Waals surface area contributed by atoms with Crippen molar-refractivity contribution >= 4 is 24.1 Å². The minimum absolute atomic E-state index is 0. The summed E-state index contributed by atoms with van der Waals surface area (Å²) < 4.78 is 1.76. The molecular formula is C20H31ClN6O. The molecule has 7 nitrogen and oxygen atoms in total. The number of piperidine rings is 2. The molecule has 2 aromatic rings. The lowest BCUT2D eigenvalue weighted by Gasteiger charge is -2.38. The average molecular weight is 407 g/mol. The number of rotatable bonds is 4. The van der Waals surface area contributed by atoms with Crippen LogP contribution in [-0.4, -0.2) is 56.6 Å². The van der Waals surface area contributed by atoms with Gasteiger partial charge in [-0.15, -0.1) is 12.4 Å². The molecule has 8 heteroatoms. The van der Waals surface area contributed by atoms with E-state index in [1.54, 1.807) is 4.52 Å². The summed E-state index contributed by atoms with van der Waals surface area (Å²) in [6.45, 7) is 8.18. The molecule has 4 rings (SSSR count). The topological polar surface area (TPSA) is 75.4 Å². The summed E-state index contributed by atoms with van der Waals surface area (Å²) in [5, 5.41) is 7.68. The summed E-state index contributed by atoms with van der Waals surface area (Å²) in [7, 11) is 0. The van der Waals surface area contributed by atoms with Crippen LogP contribution in [0.1, 0.15) is 49.1 Å². The van der Waals surface area contributed by atoms with Gasteiger partial charge in [0.05, 0.1) is 0 Å². The summed E-state index contributed by atoms with van der Waals surface area (Å²) in [6.07, 6.45) is 7.72. The van der Waals surface area contributed by atoms with Crippen LogP contribution in [0.25, 0.3) is 5.78 Å². The second-order valence-corrected chi connectivity index (χ2v) is 8.04. The van der Waals surface area contributed by atoms with Crippen LogP contribution in [0.4, 0.5) is 0 Å². The summed E-state index contributed by atoms with van der Waals surface area (Å²) in [5.74, 6) is 2.56. The maximum absolute atomic E-state index is 12.8. The molecule has 0 spiro atoms. The fraction of sp³-hybridized carbons (Fsp3) is 0.700. The molecule has 4 heterocycles. The Morgan fingerprint density at radius 3 is 2.54 bits per heavy atom. The maximum Gasteiger partial charge on any atom is 0.252 e. The molecule has 0 aromatic carbocycles. The summed E-state index contributed by atoms with van der Waals surface area (Å²) in [5.41, 5.74) is 3.10. The van der Waals surface area contributed by atoms with Crippen LogP contribution in [0.5, 0.6) is 0 Å². The molecule has 0 unspecified atom stereocenters. The SMILES string of the molecule is Cc1nc2ncnn2c(C)c1CCC(=O)N1CCC(C2CCNCC2)CC1.Cl. The lowest BCUT2D eigenvalue weighted by atomic mass is 9.79. The molecule has 2 saturated heterocycles. The van der Waals surface area contributed by atoms with Crippen LogP contribution in [0, 0.1) is 25.7 Å². The monoisotopic (exact) mass is 406 g/mol. The number of carbonyl (C=O) groups is 1. The van der Waals surface area contributed by atoms with Gasteiger partial charge in [0.1, 0.15) is 6.33 Å². The molecule has 154 valence electrons. The second-order valence-electron chi connectivity index (χ2n) is 8.04. The largest absolute Gasteiger partial charge is 0.343 e. The van der Waals surface area contributed by atoms with Gasteiger partial charge >= 0.3 is 0 Å². The van der Waals surface area contributed by atoms with Gasteiger partial charge in [0.25, 0.3) is 5.78 Å². The van der Waals surface area contributed by atoms with Crippen molar-refractivity contribution in [2.45, 2.75) is 52.4 Å². The number of fused-ring (bicyclic) bond motifs is 1. The summed E-state index contributed by atoms with van der Waals surface area (Å²) >= 11 is 0. The maximum atomic E-state index is 12.8. The third kappa shape index (κ3) is 4.30. The van der Waals surface area contributed by atoms with Crippen molar-refractivity contribution in [1.29, 1.82) is 0 Å². The quantitative estimate of drug-likeness (QED) is 0.843. The Morgan fingerprint density at radius 2 is 1.82 bits per heavy atom. The van der Waals surface area contributed by atoms with E-state index < -0.39 is 0 Å². The zero-order chi connectivity index (χ0) is 18.8. The Kier molecular flexibility index (Phi) is 6.88. The zero-order valence-corrected chi connectivity index (χ0v) is 17.7. The molecule has 0 bridgehead atoms. The van der Waals surface area contributed by atoms with Crippen molar-refractivity contribution in [2.24, 2.45) is 11.8 Å². The number of amides is 1. The van der Waals surface area contributed by atoms with E-state index in [4.69, 9.17) is 0 Å². The fourth-order valence-corrected chi connectivity index (χ4v) is 4.84. The molecule has 2 fully saturated rings. The Hall–Kier alpha value is -1.73. The molecule has 2 aliphatic heterocycles. The molecule has 1 N–H and O–H groups in total. The van der Waals surface area contributed by atoms with Gasteiger partial charge in [0, 0.05) is 30.9 Å². The number of hydrogen-bond acceptors (Lipinski definition) is 5. The highest BCUT2D eigenvalue weighted by Crippen LogP contribution is 2.31. The van der Waals surface area contributed by atoms with E-state index in [9.17, 15) is 4.79 Å². The predicted octanol–water partition coefficient (Wildman–Crippen LogP) is 2.33. The lowest BCUT2D eigenvalue weighted by molar-refractivity contribution is -0.132. The number of likely N-dealkylation sites (tertiary alicyclic amines) is 1. The molecular weight excluding hydrogens is 376 g/mol. The number of aryl methyl sites for hydroxylation is 2. The first-order valence-electron chi connectivity index (χ1n) is 10.3. The van der Waals surface area contributed by atoms with Crippen LogP contribution in [0.15, 0.2) is 6.33 Å². The van der Waals surface area contributed by atoms with Crippen molar-refractivity contribution < 1.29 is 4.79 Å². The number of halogens is 1. The smallest absolute Gasteiger partial charge is 0.252 e. The van der Waals surface area contributed by atoms with E-state index >= 15 is 0 Å². The first-order valence-corrected chi connectivity index (χ1v) is 10.3. The van der Waals surface area contributed by atoms with Crippen molar-refractivity contribution in [3.63, 3.8) is 0 Å². The highest BCUT2D eigenvalue weighted by molar-refractivity contribution is 5.85. The number of hydrogen-bond donors (Lipinski definition) is 1. The Morgan fingerprint density at radius 1 is 1.14 bits per heavy atom. The third-order valence-electron chi connectivity index (χ3n) is 6.52. The first kappa shape index (κ1) is 21.0. The normalized spacial score (nSPS) is 19.0. The summed E-state index contributed by atoms with van der Waals surface area (Å²) in [6, 6.07) is 0. The van der Waals surface area contributed by atoms with Crippen molar-refractivity contribution in [1.82, 2.24) is 29.8 Å². The second kappa shape index (κ2) is 9.18. The number of nitrogens with one attached hydrogen (secondary N) is 1. The molecule has 0 saturated carbocycles. The lowest BCUT2D eigenvalue weighted by Crippen LogP contribution is -2.42. The molecule has 2 aromatic heterocycles. The minimum atomic E-state index is 0. The molecule has 0 aliphatic carbocycles. The van der Waals surface area contributed by atoms with Crippen molar-refractivity contribution in [3.8, 4) is 0 Å². The van der Waals surface area contributed by atoms with Crippen molar-refractivity contribution in [3.05, 3.63) is 23.3 Å². The standard InChI is InChI=1S/C20H30N6O.ClH/c1-14-18(15(2)26-20(24-14)22-13-23-26)3-4-19(27)25-11-7-17(8-12-25)16-5-9-21-10-6-16;/h13,16-17,21H,3-12H2,1-2H3;1H. The highest BCUT2D eigenvalue weighted by atomic mass is 35.5. The van der Waals surface area contributed by atoms with E-state index in [-0.39, 0.29) is 18.3 Å². The Balaban J connectivity index is 0.00000225. The fourth-order valence-electron chi connectivity index (χ4n) is 4.84. The summed E-state index contributed by atoms with van der Waals surface area (Å²) in [4.78, 5) is 23.5. The molecule has 28 heavy (non-hydrogen) atoms. The Bertz CT molecular complexity index is 808. The third-order valence-corrected chi connectivity index (χ3v) is 6.52. The predicted molar refractivity (Wildman–Crippen MR) is 111 cm³/mol. The van der Waals surface area contributed by atoms with Gasteiger partial charge in [-0.3, -0.25) is 4.79 Å². The molecule has 0 atom stereocenters. The van der Waals surface area contributed by atoms with Gasteiger partial charge in [-0.1, -0.05) is 0 Å². The van der Waals surface area contributed by atoms with Gasteiger partial charge < -0.3 is 10.2 Å². The zero-order valence-electron chi connectivity index (χ0n) is 16.9. The van der Waals surface area contributed by atoms with Crippen LogP contribution in [0.2, 0.25) is 0 Å². The highest BCUT2D eigenvalue weighted by Gasteiger charge is 2.29. The van der Waals surface area contributed by atoms with E-state index in [0.717, 1.165) is 55.0 Å². The first-order chi connectivity index (χ1) is 13.1. The van der Waals surface area contributed by atoms with Gasteiger partial charge in [0.15, 0.2) is 0 Å².